The van der Waals surface area contributed by atoms with Gasteiger partial charge in [-0.3, -0.25) is 0 Å². The standard InChI is InChI=1S/C19H26N6/c1-19(2,3)16-7-9-18(23-21-16)25-12-10-24(11-13-25)17-8-6-15(20-22-17)14-4-5-14/h6-9,14H,4-5,10-13H2,1-3H3. The highest BCUT2D eigenvalue weighted by atomic mass is 15.3. The van der Waals surface area contributed by atoms with Crippen LogP contribution in [-0.4, -0.2) is 46.6 Å². The summed E-state index contributed by atoms with van der Waals surface area (Å²) in [4.78, 5) is 4.60. The lowest BCUT2D eigenvalue weighted by Crippen LogP contribution is -2.47. The Morgan fingerprint density at radius 2 is 1.32 bits per heavy atom. The predicted molar refractivity (Wildman–Crippen MR) is 99.2 cm³/mol. The highest BCUT2D eigenvalue weighted by Gasteiger charge is 2.26. The number of aromatic nitrogens is 4. The number of anilines is 2. The van der Waals surface area contributed by atoms with E-state index in [2.05, 4.69) is 75.2 Å². The molecule has 2 aliphatic rings. The first-order valence-electron chi connectivity index (χ1n) is 9.18. The van der Waals surface area contributed by atoms with Crippen LogP contribution in [0.4, 0.5) is 11.6 Å². The zero-order chi connectivity index (χ0) is 17.4. The highest BCUT2D eigenvalue weighted by Crippen LogP contribution is 2.38. The Morgan fingerprint density at radius 3 is 1.72 bits per heavy atom. The number of rotatable bonds is 3. The molecule has 1 saturated heterocycles. The van der Waals surface area contributed by atoms with Gasteiger partial charge in [0.05, 0.1) is 11.4 Å². The lowest BCUT2D eigenvalue weighted by molar-refractivity contribution is 0.556. The third kappa shape index (κ3) is 3.57. The van der Waals surface area contributed by atoms with Gasteiger partial charge in [-0.15, -0.1) is 10.2 Å². The average Bonchev–Trinajstić information content (AvgIpc) is 3.47. The van der Waals surface area contributed by atoms with Crippen molar-refractivity contribution in [2.24, 2.45) is 0 Å². The second-order valence-electron chi connectivity index (χ2n) is 8.09. The minimum absolute atomic E-state index is 0.0372. The van der Waals surface area contributed by atoms with Crippen molar-refractivity contribution in [3.63, 3.8) is 0 Å². The zero-order valence-electron chi connectivity index (χ0n) is 15.3. The Labute approximate surface area is 149 Å². The number of piperazine rings is 1. The van der Waals surface area contributed by atoms with Crippen molar-refractivity contribution in [2.45, 2.75) is 44.9 Å². The van der Waals surface area contributed by atoms with Crippen LogP contribution in [0.1, 0.15) is 50.9 Å². The third-order valence-electron chi connectivity index (χ3n) is 5.01. The highest BCUT2D eigenvalue weighted by molar-refractivity contribution is 5.44. The summed E-state index contributed by atoms with van der Waals surface area (Å²) in [7, 11) is 0. The quantitative estimate of drug-likeness (QED) is 0.858. The van der Waals surface area contributed by atoms with Crippen molar-refractivity contribution in [1.29, 1.82) is 0 Å². The molecule has 1 aliphatic heterocycles. The van der Waals surface area contributed by atoms with E-state index >= 15 is 0 Å². The summed E-state index contributed by atoms with van der Waals surface area (Å²) in [5.74, 6) is 2.61. The van der Waals surface area contributed by atoms with E-state index < -0.39 is 0 Å². The summed E-state index contributed by atoms with van der Waals surface area (Å²) < 4.78 is 0. The molecule has 4 rings (SSSR count). The largest absolute Gasteiger partial charge is 0.352 e. The molecule has 2 aromatic heterocycles. The molecule has 0 amide bonds. The molecule has 1 aliphatic carbocycles. The summed E-state index contributed by atoms with van der Waals surface area (Å²) in [6, 6.07) is 8.45. The monoisotopic (exact) mass is 338 g/mol. The van der Waals surface area contributed by atoms with Crippen molar-refractivity contribution in [3.8, 4) is 0 Å². The maximum atomic E-state index is 4.43. The van der Waals surface area contributed by atoms with Crippen LogP contribution in [0.2, 0.25) is 0 Å². The van der Waals surface area contributed by atoms with Crippen molar-refractivity contribution < 1.29 is 0 Å². The molecule has 0 N–H and O–H groups in total. The SMILES string of the molecule is CC(C)(C)c1ccc(N2CCN(c3ccc(C4CC4)nn3)CC2)nn1. The first-order chi connectivity index (χ1) is 12.0. The molecule has 3 heterocycles. The fourth-order valence-corrected chi connectivity index (χ4v) is 3.16. The summed E-state index contributed by atoms with van der Waals surface area (Å²) in [5.41, 5.74) is 2.22. The van der Waals surface area contributed by atoms with Gasteiger partial charge in [-0.05, 0) is 37.1 Å². The van der Waals surface area contributed by atoms with E-state index in [-0.39, 0.29) is 5.41 Å². The maximum absolute atomic E-state index is 4.43. The van der Waals surface area contributed by atoms with E-state index in [0.717, 1.165) is 49.2 Å². The maximum Gasteiger partial charge on any atom is 0.151 e. The van der Waals surface area contributed by atoms with Gasteiger partial charge in [-0.25, -0.2) is 0 Å². The molecular weight excluding hydrogens is 312 g/mol. The van der Waals surface area contributed by atoms with E-state index in [1.54, 1.807) is 0 Å². The normalized spacial score (nSPS) is 18.5. The van der Waals surface area contributed by atoms with Gasteiger partial charge in [0.15, 0.2) is 11.6 Å². The van der Waals surface area contributed by atoms with Crippen LogP contribution in [0.3, 0.4) is 0 Å². The van der Waals surface area contributed by atoms with Gasteiger partial charge in [-0.2, -0.15) is 10.2 Å². The van der Waals surface area contributed by atoms with Crippen LogP contribution in [0.15, 0.2) is 24.3 Å². The van der Waals surface area contributed by atoms with Crippen molar-refractivity contribution >= 4 is 11.6 Å². The fraction of sp³-hybridized carbons (Fsp3) is 0.579. The number of hydrogen-bond donors (Lipinski definition) is 0. The van der Waals surface area contributed by atoms with E-state index in [4.69, 9.17) is 0 Å². The summed E-state index contributed by atoms with van der Waals surface area (Å²) in [6.45, 7) is 10.2. The van der Waals surface area contributed by atoms with Gasteiger partial charge < -0.3 is 9.80 Å². The van der Waals surface area contributed by atoms with E-state index in [0.29, 0.717) is 5.92 Å². The van der Waals surface area contributed by atoms with Crippen LogP contribution in [-0.2, 0) is 5.41 Å². The van der Waals surface area contributed by atoms with E-state index in [1.165, 1.54) is 12.8 Å². The Kier molecular flexibility index (Phi) is 4.06. The fourth-order valence-electron chi connectivity index (χ4n) is 3.16. The summed E-state index contributed by atoms with van der Waals surface area (Å²) in [6.07, 6.45) is 2.53. The lowest BCUT2D eigenvalue weighted by Gasteiger charge is -2.35. The van der Waals surface area contributed by atoms with Crippen LogP contribution in [0, 0.1) is 0 Å². The van der Waals surface area contributed by atoms with E-state index in [9.17, 15) is 0 Å². The van der Waals surface area contributed by atoms with E-state index in [1.807, 2.05) is 0 Å². The Morgan fingerprint density at radius 1 is 0.760 bits per heavy atom. The molecule has 0 spiro atoms. The molecule has 0 unspecified atom stereocenters. The van der Waals surface area contributed by atoms with Gasteiger partial charge in [0.25, 0.3) is 0 Å². The molecular formula is C19H26N6. The Balaban J connectivity index is 1.37. The summed E-state index contributed by atoms with van der Waals surface area (Å²) in [5, 5.41) is 17.7. The molecule has 0 atom stereocenters. The van der Waals surface area contributed by atoms with Gasteiger partial charge in [0.2, 0.25) is 0 Å². The first kappa shape index (κ1) is 16.2. The molecule has 6 nitrogen and oxygen atoms in total. The van der Waals surface area contributed by atoms with Gasteiger partial charge in [-0.1, -0.05) is 20.8 Å². The predicted octanol–water partition coefficient (Wildman–Crippen LogP) is 2.77. The van der Waals surface area contributed by atoms with Crippen LogP contribution in [0.25, 0.3) is 0 Å². The molecule has 25 heavy (non-hydrogen) atoms. The molecule has 2 aromatic rings. The molecule has 0 aromatic carbocycles. The van der Waals surface area contributed by atoms with Crippen molar-refractivity contribution in [1.82, 2.24) is 20.4 Å². The molecule has 6 heteroatoms. The summed E-state index contributed by atoms with van der Waals surface area (Å²) >= 11 is 0. The lowest BCUT2D eigenvalue weighted by atomic mass is 9.92. The minimum atomic E-state index is 0.0372. The molecule has 2 fully saturated rings. The molecule has 1 saturated carbocycles. The van der Waals surface area contributed by atoms with Gasteiger partial charge in [0.1, 0.15) is 0 Å². The topological polar surface area (TPSA) is 58.0 Å². The minimum Gasteiger partial charge on any atom is -0.352 e. The number of hydrogen-bond acceptors (Lipinski definition) is 6. The molecule has 0 radical (unpaired) electrons. The third-order valence-corrected chi connectivity index (χ3v) is 5.01. The molecule has 0 bridgehead atoms. The van der Waals surface area contributed by atoms with Gasteiger partial charge >= 0.3 is 0 Å². The van der Waals surface area contributed by atoms with Crippen LogP contribution >= 0.6 is 0 Å². The average molecular weight is 338 g/mol. The van der Waals surface area contributed by atoms with Crippen molar-refractivity contribution in [3.05, 3.63) is 35.7 Å². The second kappa shape index (κ2) is 6.24. The Bertz CT molecular complexity index is 707. The first-order valence-corrected chi connectivity index (χ1v) is 9.18. The van der Waals surface area contributed by atoms with Gasteiger partial charge in [0, 0.05) is 37.5 Å². The zero-order valence-corrected chi connectivity index (χ0v) is 15.3. The van der Waals surface area contributed by atoms with Crippen LogP contribution < -0.4 is 9.80 Å². The second-order valence-corrected chi connectivity index (χ2v) is 8.09. The number of nitrogens with zero attached hydrogens (tertiary/aromatic N) is 6. The van der Waals surface area contributed by atoms with Crippen LogP contribution in [0.5, 0.6) is 0 Å². The smallest absolute Gasteiger partial charge is 0.151 e. The van der Waals surface area contributed by atoms with Crippen molar-refractivity contribution in [2.75, 3.05) is 36.0 Å². The molecule has 132 valence electrons. The Hall–Kier alpha value is -2.24.